The molecule has 1 atom stereocenters. The summed E-state index contributed by atoms with van der Waals surface area (Å²) in [5.41, 5.74) is 2.78. The second-order valence-corrected chi connectivity index (χ2v) is 6.63. The lowest BCUT2D eigenvalue weighted by molar-refractivity contribution is -0.0157. The van der Waals surface area contributed by atoms with Crippen LogP contribution in [0.4, 0.5) is 0 Å². The molecule has 4 heteroatoms. The molecule has 0 amide bonds. The highest BCUT2D eigenvalue weighted by Gasteiger charge is 2.16. The summed E-state index contributed by atoms with van der Waals surface area (Å²) in [6.45, 7) is 8.83. The molecule has 1 rings (SSSR count). The number of nitrogens with one attached hydrogen (secondary N) is 1. The Balaban J connectivity index is 2.05. The molecule has 1 heterocycles. The first-order valence-electron chi connectivity index (χ1n) is 7.69. The van der Waals surface area contributed by atoms with Crippen molar-refractivity contribution in [1.82, 2.24) is 5.43 Å². The summed E-state index contributed by atoms with van der Waals surface area (Å²) < 4.78 is 11.2. The summed E-state index contributed by atoms with van der Waals surface area (Å²) in [5.74, 6) is 6.46. The van der Waals surface area contributed by atoms with Gasteiger partial charge in [-0.2, -0.15) is 0 Å². The van der Waals surface area contributed by atoms with Gasteiger partial charge in [0.1, 0.15) is 0 Å². The number of unbranched alkanes of at least 4 members (excludes halogenated alkanes) is 1. The fourth-order valence-electron chi connectivity index (χ4n) is 2.42. The zero-order valence-corrected chi connectivity index (χ0v) is 12.9. The standard InChI is InChI=1S/C15H32N2O2/c1-15(2,3)19-12-14(17-16)7-5-4-6-13-8-10-18-11-9-13/h13-14,17H,4-12,16H2,1-3H3. The van der Waals surface area contributed by atoms with Crippen molar-refractivity contribution >= 4 is 0 Å². The first-order valence-corrected chi connectivity index (χ1v) is 7.69. The Kier molecular flexibility index (Phi) is 7.91. The average Bonchev–Trinajstić information content (AvgIpc) is 2.38. The van der Waals surface area contributed by atoms with Crippen LogP contribution in [-0.2, 0) is 9.47 Å². The quantitative estimate of drug-likeness (QED) is 0.405. The van der Waals surface area contributed by atoms with Gasteiger partial charge in [-0.05, 0) is 46.0 Å². The van der Waals surface area contributed by atoms with Gasteiger partial charge in [-0.3, -0.25) is 11.3 Å². The number of hydrogen-bond donors (Lipinski definition) is 2. The van der Waals surface area contributed by atoms with Crippen LogP contribution >= 0.6 is 0 Å². The molecule has 0 saturated carbocycles. The first kappa shape index (κ1) is 16.9. The van der Waals surface area contributed by atoms with Gasteiger partial charge in [0.25, 0.3) is 0 Å². The number of rotatable bonds is 8. The van der Waals surface area contributed by atoms with Crippen LogP contribution in [0.1, 0.15) is 59.3 Å². The SMILES string of the molecule is CC(C)(C)OCC(CCCCC1CCOCC1)NN. The lowest BCUT2D eigenvalue weighted by Crippen LogP contribution is -2.40. The van der Waals surface area contributed by atoms with Gasteiger partial charge in [-0.25, -0.2) is 0 Å². The second-order valence-electron chi connectivity index (χ2n) is 6.63. The Morgan fingerprint density at radius 1 is 1.26 bits per heavy atom. The minimum absolute atomic E-state index is 0.0861. The molecule has 0 radical (unpaired) electrons. The van der Waals surface area contributed by atoms with E-state index in [1.807, 2.05) is 0 Å². The van der Waals surface area contributed by atoms with Crippen molar-refractivity contribution in [1.29, 1.82) is 0 Å². The molecule has 1 saturated heterocycles. The maximum Gasteiger partial charge on any atom is 0.0640 e. The maximum atomic E-state index is 5.77. The van der Waals surface area contributed by atoms with Gasteiger partial charge in [0.05, 0.1) is 12.2 Å². The molecule has 114 valence electrons. The summed E-state index contributed by atoms with van der Waals surface area (Å²) in [6, 6.07) is 0.272. The monoisotopic (exact) mass is 272 g/mol. The third-order valence-electron chi connectivity index (χ3n) is 3.71. The molecule has 0 spiro atoms. The zero-order valence-electron chi connectivity index (χ0n) is 12.9. The lowest BCUT2D eigenvalue weighted by Gasteiger charge is -2.24. The van der Waals surface area contributed by atoms with Crippen molar-refractivity contribution in [2.24, 2.45) is 11.8 Å². The fourth-order valence-corrected chi connectivity index (χ4v) is 2.42. The van der Waals surface area contributed by atoms with Crippen LogP contribution in [0.2, 0.25) is 0 Å². The van der Waals surface area contributed by atoms with Crippen LogP contribution in [0.15, 0.2) is 0 Å². The van der Waals surface area contributed by atoms with Crippen LogP contribution in [0, 0.1) is 5.92 Å². The van der Waals surface area contributed by atoms with Gasteiger partial charge < -0.3 is 9.47 Å². The van der Waals surface area contributed by atoms with E-state index >= 15 is 0 Å². The Hall–Kier alpha value is -0.160. The summed E-state index contributed by atoms with van der Waals surface area (Å²) >= 11 is 0. The minimum Gasteiger partial charge on any atom is -0.381 e. The normalized spacial score (nSPS) is 19.6. The van der Waals surface area contributed by atoms with Crippen LogP contribution in [0.5, 0.6) is 0 Å². The molecule has 0 aromatic heterocycles. The third-order valence-corrected chi connectivity index (χ3v) is 3.71. The van der Waals surface area contributed by atoms with Crippen molar-refractivity contribution < 1.29 is 9.47 Å². The molecular weight excluding hydrogens is 240 g/mol. The highest BCUT2D eigenvalue weighted by molar-refractivity contribution is 4.68. The van der Waals surface area contributed by atoms with Gasteiger partial charge in [0, 0.05) is 19.3 Å². The van der Waals surface area contributed by atoms with Crippen molar-refractivity contribution in [3.05, 3.63) is 0 Å². The van der Waals surface area contributed by atoms with Crippen LogP contribution in [0.25, 0.3) is 0 Å². The average molecular weight is 272 g/mol. The van der Waals surface area contributed by atoms with E-state index in [0.29, 0.717) is 6.61 Å². The van der Waals surface area contributed by atoms with E-state index in [2.05, 4.69) is 26.2 Å². The molecule has 19 heavy (non-hydrogen) atoms. The summed E-state index contributed by atoms with van der Waals surface area (Å²) in [7, 11) is 0. The van der Waals surface area contributed by atoms with Gasteiger partial charge in [0.2, 0.25) is 0 Å². The third kappa shape index (κ3) is 8.58. The van der Waals surface area contributed by atoms with Crippen molar-refractivity contribution in [3.63, 3.8) is 0 Å². The van der Waals surface area contributed by atoms with Gasteiger partial charge in [-0.1, -0.05) is 19.3 Å². The van der Waals surface area contributed by atoms with E-state index in [1.165, 1.54) is 32.1 Å². The van der Waals surface area contributed by atoms with E-state index in [-0.39, 0.29) is 11.6 Å². The molecule has 0 aromatic rings. The highest BCUT2D eigenvalue weighted by Crippen LogP contribution is 2.21. The summed E-state index contributed by atoms with van der Waals surface area (Å²) in [5, 5.41) is 0. The highest BCUT2D eigenvalue weighted by atomic mass is 16.5. The molecule has 1 aliphatic rings. The van der Waals surface area contributed by atoms with Crippen molar-refractivity contribution in [3.8, 4) is 0 Å². The molecule has 0 aliphatic carbocycles. The second kappa shape index (κ2) is 8.90. The molecule has 3 N–H and O–H groups in total. The lowest BCUT2D eigenvalue weighted by atomic mass is 9.93. The molecule has 0 aromatic carbocycles. The number of nitrogens with two attached hydrogens (primary N) is 1. The van der Waals surface area contributed by atoms with E-state index < -0.39 is 0 Å². The molecule has 1 fully saturated rings. The Morgan fingerprint density at radius 3 is 2.53 bits per heavy atom. The predicted molar refractivity (Wildman–Crippen MR) is 78.8 cm³/mol. The topological polar surface area (TPSA) is 56.5 Å². The molecule has 0 bridgehead atoms. The summed E-state index contributed by atoms with van der Waals surface area (Å²) in [6.07, 6.45) is 7.42. The first-order chi connectivity index (χ1) is 9.01. The maximum absolute atomic E-state index is 5.77. The van der Waals surface area contributed by atoms with E-state index in [9.17, 15) is 0 Å². The zero-order chi connectivity index (χ0) is 14.1. The Bertz CT molecular complexity index is 223. The Labute approximate surface area is 118 Å². The smallest absolute Gasteiger partial charge is 0.0640 e. The van der Waals surface area contributed by atoms with Gasteiger partial charge >= 0.3 is 0 Å². The summed E-state index contributed by atoms with van der Waals surface area (Å²) in [4.78, 5) is 0. The molecule has 1 unspecified atom stereocenters. The number of hydrazine groups is 1. The van der Waals surface area contributed by atoms with Crippen LogP contribution < -0.4 is 11.3 Å². The van der Waals surface area contributed by atoms with Crippen molar-refractivity contribution in [2.75, 3.05) is 19.8 Å². The van der Waals surface area contributed by atoms with Crippen LogP contribution in [0.3, 0.4) is 0 Å². The van der Waals surface area contributed by atoms with E-state index in [4.69, 9.17) is 15.3 Å². The minimum atomic E-state index is -0.0861. The fraction of sp³-hybridized carbons (Fsp3) is 1.00. The van der Waals surface area contributed by atoms with Gasteiger partial charge in [0.15, 0.2) is 0 Å². The molecular formula is C15H32N2O2. The number of ether oxygens (including phenoxy) is 2. The molecule has 1 aliphatic heterocycles. The van der Waals surface area contributed by atoms with Gasteiger partial charge in [-0.15, -0.1) is 0 Å². The van der Waals surface area contributed by atoms with E-state index in [0.717, 1.165) is 25.6 Å². The van der Waals surface area contributed by atoms with Crippen LogP contribution in [-0.4, -0.2) is 31.5 Å². The molecule has 4 nitrogen and oxygen atoms in total. The predicted octanol–water partition coefficient (Wildman–Crippen LogP) is 2.62. The Morgan fingerprint density at radius 2 is 1.95 bits per heavy atom. The van der Waals surface area contributed by atoms with E-state index in [1.54, 1.807) is 0 Å². The largest absolute Gasteiger partial charge is 0.381 e. The number of hydrogen-bond acceptors (Lipinski definition) is 4. The van der Waals surface area contributed by atoms with Crippen molar-refractivity contribution in [2.45, 2.75) is 70.9 Å².